The zero-order valence-electron chi connectivity index (χ0n) is 11.9. The van der Waals surface area contributed by atoms with Crippen LogP contribution in [0.2, 0.25) is 0 Å². The summed E-state index contributed by atoms with van der Waals surface area (Å²) in [5.74, 6) is -0.558. The summed E-state index contributed by atoms with van der Waals surface area (Å²) in [6.45, 7) is 2.92. The van der Waals surface area contributed by atoms with Gasteiger partial charge < -0.3 is 10.0 Å². The lowest BCUT2D eigenvalue weighted by atomic mass is 9.92. The maximum Gasteiger partial charge on any atom is 0.308 e. The van der Waals surface area contributed by atoms with E-state index in [2.05, 4.69) is 22.6 Å². The number of halogens is 1. The van der Waals surface area contributed by atoms with Crippen molar-refractivity contribution in [2.75, 3.05) is 13.1 Å². The van der Waals surface area contributed by atoms with Gasteiger partial charge in [-0.15, -0.1) is 0 Å². The van der Waals surface area contributed by atoms with Crippen molar-refractivity contribution in [2.45, 2.75) is 19.8 Å². The summed E-state index contributed by atoms with van der Waals surface area (Å²) in [6.07, 6.45) is 2.22. The summed E-state index contributed by atoms with van der Waals surface area (Å²) in [6, 6.07) is 5.70. The number of nitrogens with zero attached hydrogens (tertiary/aromatic N) is 1. The second kappa shape index (κ2) is 5.59. The molecule has 112 valence electrons. The fraction of sp³-hybridized carbons (Fsp3) is 0.500. The quantitative estimate of drug-likeness (QED) is 0.796. The average molecular weight is 399 g/mol. The summed E-state index contributed by atoms with van der Waals surface area (Å²) in [5, 5.41) is 9.39. The van der Waals surface area contributed by atoms with Gasteiger partial charge in [0, 0.05) is 16.7 Å². The van der Waals surface area contributed by atoms with Gasteiger partial charge in [-0.2, -0.15) is 0 Å². The van der Waals surface area contributed by atoms with Crippen LogP contribution in [0.15, 0.2) is 18.2 Å². The van der Waals surface area contributed by atoms with Gasteiger partial charge in [0.05, 0.1) is 11.5 Å². The molecule has 1 aliphatic heterocycles. The zero-order valence-corrected chi connectivity index (χ0v) is 14.0. The van der Waals surface area contributed by atoms with E-state index in [1.165, 1.54) is 0 Å². The second-order valence-corrected chi connectivity index (χ2v) is 7.17. The normalized spacial score (nSPS) is 25.1. The lowest BCUT2D eigenvalue weighted by Crippen LogP contribution is -2.30. The van der Waals surface area contributed by atoms with Crippen LogP contribution in [0.3, 0.4) is 0 Å². The molecule has 2 fully saturated rings. The molecular formula is C16H18INO3. The Hall–Kier alpha value is -1.11. The molecular weight excluding hydrogens is 381 g/mol. The highest BCUT2D eigenvalue weighted by Gasteiger charge is 2.47. The molecule has 21 heavy (non-hydrogen) atoms. The molecule has 1 saturated carbocycles. The molecule has 0 spiro atoms. The first-order valence-corrected chi connectivity index (χ1v) is 8.34. The molecule has 5 heteroatoms. The molecule has 1 N–H and O–H groups in total. The summed E-state index contributed by atoms with van der Waals surface area (Å²) in [5.41, 5.74) is 1.77. The number of aryl methyl sites for hydroxylation is 1. The Bertz CT molecular complexity index is 597. The first-order chi connectivity index (χ1) is 9.99. The van der Waals surface area contributed by atoms with Gasteiger partial charge in [0.1, 0.15) is 0 Å². The van der Waals surface area contributed by atoms with E-state index in [4.69, 9.17) is 0 Å². The third kappa shape index (κ3) is 2.80. The van der Waals surface area contributed by atoms with Crippen molar-refractivity contribution in [1.82, 2.24) is 4.90 Å². The first kappa shape index (κ1) is 14.8. The van der Waals surface area contributed by atoms with Crippen LogP contribution in [-0.2, 0) is 4.79 Å². The molecule has 1 amide bonds. The van der Waals surface area contributed by atoms with E-state index in [0.717, 1.165) is 22.0 Å². The number of aliphatic carboxylic acids is 1. The van der Waals surface area contributed by atoms with E-state index in [9.17, 15) is 14.7 Å². The Morgan fingerprint density at radius 1 is 1.29 bits per heavy atom. The van der Waals surface area contributed by atoms with Crippen molar-refractivity contribution >= 4 is 34.5 Å². The largest absolute Gasteiger partial charge is 0.481 e. The Kier molecular flexibility index (Phi) is 3.94. The Labute approximate surface area is 137 Å². The fourth-order valence-electron chi connectivity index (χ4n) is 3.24. The predicted octanol–water partition coefficient (Wildman–Crippen LogP) is 2.78. The summed E-state index contributed by atoms with van der Waals surface area (Å²) >= 11 is 2.19. The molecule has 0 unspecified atom stereocenters. The van der Waals surface area contributed by atoms with Crippen molar-refractivity contribution in [3.63, 3.8) is 0 Å². The highest BCUT2D eigenvalue weighted by atomic mass is 127. The molecule has 1 aliphatic carbocycles. The molecule has 0 radical (unpaired) electrons. The predicted molar refractivity (Wildman–Crippen MR) is 87.1 cm³/mol. The lowest BCUT2D eigenvalue weighted by Gasteiger charge is -2.17. The van der Waals surface area contributed by atoms with Crippen LogP contribution >= 0.6 is 22.6 Å². The number of hydrogen-bond donors (Lipinski definition) is 1. The maximum absolute atomic E-state index is 12.7. The summed E-state index contributed by atoms with van der Waals surface area (Å²) < 4.78 is 0.960. The highest BCUT2D eigenvalue weighted by Crippen LogP contribution is 2.44. The van der Waals surface area contributed by atoms with Gasteiger partial charge in [-0.25, -0.2) is 0 Å². The molecule has 0 bridgehead atoms. The maximum atomic E-state index is 12.7. The van der Waals surface area contributed by atoms with E-state index in [1.54, 1.807) is 4.90 Å². The molecule has 1 aromatic rings. The summed E-state index contributed by atoms with van der Waals surface area (Å²) in [7, 11) is 0. The topological polar surface area (TPSA) is 57.6 Å². The number of carboxylic acid groups (broad SMARTS) is 1. The third-order valence-corrected chi connectivity index (χ3v) is 6.05. The smallest absolute Gasteiger partial charge is 0.308 e. The van der Waals surface area contributed by atoms with Crippen LogP contribution in [0.5, 0.6) is 0 Å². The Morgan fingerprint density at radius 2 is 2.00 bits per heavy atom. The number of benzene rings is 1. The van der Waals surface area contributed by atoms with Gasteiger partial charge in [0.2, 0.25) is 0 Å². The summed E-state index contributed by atoms with van der Waals surface area (Å²) in [4.78, 5) is 25.9. The van der Waals surface area contributed by atoms with Crippen LogP contribution in [0.4, 0.5) is 0 Å². The lowest BCUT2D eigenvalue weighted by molar-refractivity contribution is -0.142. The SMILES string of the molecule is Cc1cccc(C(=O)N2C[C@H](C(=O)O)[C@@H](C3CC3)C2)c1I. The number of hydrogen-bond acceptors (Lipinski definition) is 2. The number of amides is 1. The van der Waals surface area contributed by atoms with Crippen LogP contribution < -0.4 is 0 Å². The van der Waals surface area contributed by atoms with Gasteiger partial charge in [-0.3, -0.25) is 9.59 Å². The monoisotopic (exact) mass is 399 g/mol. The van der Waals surface area contributed by atoms with E-state index in [0.29, 0.717) is 24.6 Å². The van der Waals surface area contributed by atoms with Gasteiger partial charge in [0.25, 0.3) is 5.91 Å². The van der Waals surface area contributed by atoms with Crippen molar-refractivity contribution in [3.8, 4) is 0 Å². The molecule has 2 aliphatic rings. The average Bonchev–Trinajstić information content (AvgIpc) is 3.19. The molecule has 2 atom stereocenters. The van der Waals surface area contributed by atoms with Crippen LogP contribution in [0, 0.1) is 28.2 Å². The van der Waals surface area contributed by atoms with Crippen molar-refractivity contribution in [1.29, 1.82) is 0 Å². The number of carboxylic acids is 1. The number of carbonyl (C=O) groups is 2. The van der Waals surface area contributed by atoms with Crippen molar-refractivity contribution in [2.24, 2.45) is 17.8 Å². The van der Waals surface area contributed by atoms with E-state index >= 15 is 0 Å². The third-order valence-electron chi connectivity index (χ3n) is 4.62. The first-order valence-electron chi connectivity index (χ1n) is 7.26. The fourth-order valence-corrected chi connectivity index (χ4v) is 3.83. The molecule has 3 rings (SSSR count). The standard InChI is InChI=1S/C16H18INO3/c1-9-3-2-4-11(14(9)17)15(19)18-7-12(10-5-6-10)13(8-18)16(20)21/h2-4,10,12-13H,5-8H2,1H3,(H,20,21)/t12-,13+/m1/s1. The molecule has 1 saturated heterocycles. The van der Waals surface area contributed by atoms with Gasteiger partial charge >= 0.3 is 5.97 Å². The number of carbonyl (C=O) groups excluding carboxylic acids is 1. The van der Waals surface area contributed by atoms with Crippen molar-refractivity contribution in [3.05, 3.63) is 32.9 Å². The Morgan fingerprint density at radius 3 is 2.62 bits per heavy atom. The molecule has 1 heterocycles. The van der Waals surface area contributed by atoms with Crippen LogP contribution in [0.25, 0.3) is 0 Å². The number of rotatable bonds is 3. The minimum atomic E-state index is -0.763. The van der Waals surface area contributed by atoms with Crippen LogP contribution in [0.1, 0.15) is 28.8 Å². The van der Waals surface area contributed by atoms with Gasteiger partial charge in [0.15, 0.2) is 0 Å². The molecule has 0 aromatic heterocycles. The zero-order chi connectivity index (χ0) is 15.1. The van der Waals surface area contributed by atoms with E-state index in [1.807, 2.05) is 25.1 Å². The van der Waals surface area contributed by atoms with Crippen molar-refractivity contribution < 1.29 is 14.7 Å². The number of likely N-dealkylation sites (tertiary alicyclic amines) is 1. The minimum Gasteiger partial charge on any atom is -0.481 e. The van der Waals surface area contributed by atoms with Crippen LogP contribution in [-0.4, -0.2) is 35.0 Å². The van der Waals surface area contributed by atoms with Gasteiger partial charge in [-0.1, -0.05) is 12.1 Å². The molecule has 4 nitrogen and oxygen atoms in total. The highest BCUT2D eigenvalue weighted by molar-refractivity contribution is 14.1. The molecule has 1 aromatic carbocycles. The van der Waals surface area contributed by atoms with E-state index < -0.39 is 11.9 Å². The van der Waals surface area contributed by atoms with E-state index in [-0.39, 0.29) is 11.8 Å². The Balaban J connectivity index is 1.82. The van der Waals surface area contributed by atoms with Gasteiger partial charge in [-0.05, 0) is 65.8 Å². The minimum absolute atomic E-state index is 0.0301. The second-order valence-electron chi connectivity index (χ2n) is 6.09.